The number of carbonyl (C=O) groups is 1. The molecule has 2 heterocycles. The maximum Gasteiger partial charge on any atom is 0.274 e. The fraction of sp³-hybridized carbons (Fsp3) is 0.600. The molecule has 1 aromatic heterocycles. The quantitative estimate of drug-likeness (QED) is 0.795. The molecule has 0 saturated carbocycles. The van der Waals surface area contributed by atoms with E-state index in [1.54, 1.807) is 17.9 Å². The summed E-state index contributed by atoms with van der Waals surface area (Å²) in [6.45, 7) is 0. The van der Waals surface area contributed by atoms with Gasteiger partial charge in [-0.3, -0.25) is 9.48 Å². The van der Waals surface area contributed by atoms with Gasteiger partial charge in [0, 0.05) is 19.3 Å². The number of nitrogen functional groups attached to an aromatic ring is 1. The molecule has 3 N–H and O–H groups in total. The van der Waals surface area contributed by atoms with Crippen LogP contribution in [0.15, 0.2) is 6.20 Å². The summed E-state index contributed by atoms with van der Waals surface area (Å²) in [5, 5.41) is 7.03. The fourth-order valence-corrected chi connectivity index (χ4v) is 2.89. The van der Waals surface area contributed by atoms with E-state index >= 15 is 0 Å². The van der Waals surface area contributed by atoms with Gasteiger partial charge in [0.15, 0.2) is 5.69 Å². The van der Waals surface area contributed by atoms with Gasteiger partial charge in [0.2, 0.25) is 0 Å². The van der Waals surface area contributed by atoms with Crippen LogP contribution < -0.4 is 11.1 Å². The van der Waals surface area contributed by atoms with Crippen molar-refractivity contribution >= 4 is 23.4 Å². The number of nitrogens with zero attached hydrogens (tertiary/aromatic N) is 2. The molecule has 16 heavy (non-hydrogen) atoms. The van der Waals surface area contributed by atoms with Gasteiger partial charge in [-0.1, -0.05) is 0 Å². The van der Waals surface area contributed by atoms with Crippen molar-refractivity contribution in [2.45, 2.75) is 18.9 Å². The molecule has 1 saturated heterocycles. The number of hydrogen-bond donors (Lipinski definition) is 2. The lowest BCUT2D eigenvalue weighted by Crippen LogP contribution is -2.37. The van der Waals surface area contributed by atoms with Crippen LogP contribution in [0.25, 0.3) is 0 Å². The van der Waals surface area contributed by atoms with Crippen LogP contribution in [0.3, 0.4) is 0 Å². The smallest absolute Gasteiger partial charge is 0.274 e. The van der Waals surface area contributed by atoms with E-state index in [4.69, 9.17) is 5.73 Å². The lowest BCUT2D eigenvalue weighted by atomic mass is 10.1. The fourth-order valence-electron chi connectivity index (χ4n) is 1.78. The molecule has 0 bridgehead atoms. The Labute approximate surface area is 98.8 Å². The minimum atomic E-state index is -0.157. The molecule has 0 aromatic carbocycles. The SMILES string of the molecule is Cn1cc(N)c(C(=O)NC2CCSCC2)n1. The first-order valence-corrected chi connectivity index (χ1v) is 6.50. The Bertz CT molecular complexity index is 384. The summed E-state index contributed by atoms with van der Waals surface area (Å²) in [5.41, 5.74) is 6.47. The zero-order valence-electron chi connectivity index (χ0n) is 9.27. The van der Waals surface area contributed by atoms with Gasteiger partial charge in [-0.15, -0.1) is 0 Å². The highest BCUT2D eigenvalue weighted by Crippen LogP contribution is 2.17. The first-order chi connectivity index (χ1) is 7.66. The first-order valence-electron chi connectivity index (χ1n) is 5.34. The predicted octanol–water partition coefficient (Wildman–Crippen LogP) is 0.628. The molecule has 1 aromatic rings. The van der Waals surface area contributed by atoms with E-state index < -0.39 is 0 Å². The average Bonchev–Trinajstić information content (AvgIpc) is 2.59. The minimum absolute atomic E-state index is 0.157. The molecule has 6 heteroatoms. The first kappa shape index (κ1) is 11.3. The maximum absolute atomic E-state index is 11.9. The van der Waals surface area contributed by atoms with E-state index in [9.17, 15) is 4.79 Å². The zero-order valence-corrected chi connectivity index (χ0v) is 10.1. The molecule has 1 amide bonds. The van der Waals surface area contributed by atoms with Crippen molar-refractivity contribution in [2.75, 3.05) is 17.2 Å². The largest absolute Gasteiger partial charge is 0.396 e. The molecular weight excluding hydrogens is 224 g/mol. The van der Waals surface area contributed by atoms with Gasteiger partial charge < -0.3 is 11.1 Å². The molecule has 1 fully saturated rings. The number of aryl methyl sites for hydroxylation is 1. The molecule has 0 spiro atoms. The number of hydrogen-bond acceptors (Lipinski definition) is 4. The standard InChI is InChI=1S/C10H16N4OS/c1-14-6-8(11)9(13-14)10(15)12-7-2-4-16-5-3-7/h6-7H,2-5,11H2,1H3,(H,12,15). The number of carbonyl (C=O) groups excluding carboxylic acids is 1. The van der Waals surface area contributed by atoms with Gasteiger partial charge >= 0.3 is 0 Å². The number of nitrogens with two attached hydrogens (primary N) is 1. The van der Waals surface area contributed by atoms with E-state index in [-0.39, 0.29) is 11.9 Å². The van der Waals surface area contributed by atoms with E-state index in [1.165, 1.54) is 0 Å². The normalized spacial score (nSPS) is 17.3. The van der Waals surface area contributed by atoms with Crippen LogP contribution in [0.1, 0.15) is 23.3 Å². The van der Waals surface area contributed by atoms with Gasteiger partial charge in [-0.05, 0) is 24.3 Å². The Morgan fingerprint density at radius 2 is 2.31 bits per heavy atom. The second-order valence-electron chi connectivity index (χ2n) is 3.97. The van der Waals surface area contributed by atoms with Crippen molar-refractivity contribution in [2.24, 2.45) is 7.05 Å². The van der Waals surface area contributed by atoms with E-state index in [2.05, 4.69) is 10.4 Å². The van der Waals surface area contributed by atoms with Crippen molar-refractivity contribution in [3.63, 3.8) is 0 Å². The summed E-state index contributed by atoms with van der Waals surface area (Å²) >= 11 is 1.93. The molecule has 2 rings (SSSR count). The minimum Gasteiger partial charge on any atom is -0.396 e. The topological polar surface area (TPSA) is 72.9 Å². The number of rotatable bonds is 2. The zero-order chi connectivity index (χ0) is 11.5. The number of anilines is 1. The monoisotopic (exact) mass is 240 g/mol. The average molecular weight is 240 g/mol. The van der Waals surface area contributed by atoms with Gasteiger partial charge in [0.1, 0.15) is 0 Å². The van der Waals surface area contributed by atoms with Crippen LogP contribution in [0, 0.1) is 0 Å². The van der Waals surface area contributed by atoms with Gasteiger partial charge in [0.05, 0.1) is 5.69 Å². The predicted molar refractivity (Wildman–Crippen MR) is 65.4 cm³/mol. The molecule has 1 aliphatic rings. The summed E-state index contributed by atoms with van der Waals surface area (Å²) < 4.78 is 1.56. The second kappa shape index (κ2) is 4.78. The highest BCUT2D eigenvalue weighted by molar-refractivity contribution is 7.99. The van der Waals surface area contributed by atoms with Gasteiger partial charge in [-0.25, -0.2) is 0 Å². The molecule has 0 atom stereocenters. The number of thioether (sulfide) groups is 1. The lowest BCUT2D eigenvalue weighted by Gasteiger charge is -2.22. The molecule has 5 nitrogen and oxygen atoms in total. The molecular formula is C10H16N4OS. The second-order valence-corrected chi connectivity index (χ2v) is 5.19. The Balaban J connectivity index is 1.99. The third-order valence-electron chi connectivity index (χ3n) is 2.63. The van der Waals surface area contributed by atoms with E-state index in [0.29, 0.717) is 11.4 Å². The summed E-state index contributed by atoms with van der Waals surface area (Å²) in [7, 11) is 1.75. The van der Waals surface area contributed by atoms with Crippen LogP contribution in [-0.2, 0) is 7.05 Å². The van der Waals surface area contributed by atoms with Crippen molar-refractivity contribution in [3.05, 3.63) is 11.9 Å². The van der Waals surface area contributed by atoms with E-state index in [0.717, 1.165) is 24.3 Å². The number of nitrogens with one attached hydrogen (secondary N) is 1. The summed E-state index contributed by atoms with van der Waals surface area (Å²) in [5.74, 6) is 2.07. The van der Waals surface area contributed by atoms with Crippen LogP contribution in [0.2, 0.25) is 0 Å². The number of aromatic nitrogens is 2. The summed E-state index contributed by atoms with van der Waals surface area (Å²) in [4.78, 5) is 11.9. The third kappa shape index (κ3) is 2.49. The Morgan fingerprint density at radius 1 is 1.62 bits per heavy atom. The molecule has 88 valence electrons. The van der Waals surface area contributed by atoms with Crippen molar-refractivity contribution in [1.82, 2.24) is 15.1 Å². The summed E-state index contributed by atoms with van der Waals surface area (Å²) in [6, 6.07) is 0.273. The third-order valence-corrected chi connectivity index (χ3v) is 3.68. The molecule has 1 aliphatic heterocycles. The maximum atomic E-state index is 11.9. The van der Waals surface area contributed by atoms with Crippen LogP contribution in [0.4, 0.5) is 5.69 Å². The van der Waals surface area contributed by atoms with Crippen LogP contribution >= 0.6 is 11.8 Å². The van der Waals surface area contributed by atoms with Crippen LogP contribution in [-0.4, -0.2) is 33.2 Å². The van der Waals surface area contributed by atoms with Gasteiger partial charge in [0.25, 0.3) is 5.91 Å². The molecule has 0 aliphatic carbocycles. The van der Waals surface area contributed by atoms with Crippen molar-refractivity contribution in [1.29, 1.82) is 0 Å². The van der Waals surface area contributed by atoms with Gasteiger partial charge in [-0.2, -0.15) is 16.9 Å². The number of amides is 1. The molecule has 0 radical (unpaired) electrons. The highest BCUT2D eigenvalue weighted by atomic mass is 32.2. The van der Waals surface area contributed by atoms with Crippen molar-refractivity contribution < 1.29 is 4.79 Å². The van der Waals surface area contributed by atoms with Crippen molar-refractivity contribution in [3.8, 4) is 0 Å². The molecule has 0 unspecified atom stereocenters. The Kier molecular flexibility index (Phi) is 3.38. The van der Waals surface area contributed by atoms with E-state index in [1.807, 2.05) is 11.8 Å². The van der Waals surface area contributed by atoms with Crippen LogP contribution in [0.5, 0.6) is 0 Å². The summed E-state index contributed by atoms with van der Waals surface area (Å²) in [6.07, 6.45) is 3.71. The Hall–Kier alpha value is -1.17. The Morgan fingerprint density at radius 3 is 2.88 bits per heavy atom. The lowest BCUT2D eigenvalue weighted by molar-refractivity contribution is 0.0930. The highest BCUT2D eigenvalue weighted by Gasteiger charge is 2.20.